The number of nitro benzene ring substituents is 2. The normalized spacial score (nSPS) is 11.5. The molecule has 0 aliphatic rings. The molecule has 8 nitrogen and oxygen atoms in total. The summed E-state index contributed by atoms with van der Waals surface area (Å²) in [7, 11) is 0. The van der Waals surface area contributed by atoms with Gasteiger partial charge in [0.25, 0.3) is 11.4 Å². The fourth-order valence-corrected chi connectivity index (χ4v) is 3.47. The first kappa shape index (κ1) is 17.1. The first-order valence-corrected chi connectivity index (χ1v) is 7.25. The molecular formula is C10H5F3N4O4S2. The van der Waals surface area contributed by atoms with Crippen molar-refractivity contribution in [3.05, 3.63) is 42.9 Å². The van der Waals surface area contributed by atoms with E-state index in [1.54, 1.807) is 6.92 Å². The SMILES string of the molecule is Cc1nnc(Sc2c([N+](=O)[O-])cc(C(F)(F)F)cc2[N+](=O)[O-])s1. The fourth-order valence-electron chi connectivity index (χ4n) is 1.55. The van der Waals surface area contributed by atoms with Gasteiger partial charge in [0.05, 0.1) is 15.4 Å². The highest BCUT2D eigenvalue weighted by molar-refractivity contribution is 8.01. The predicted octanol–water partition coefficient (Wildman–Crippen LogP) is 3.83. The molecule has 1 aromatic carbocycles. The third kappa shape index (κ3) is 3.73. The van der Waals surface area contributed by atoms with E-state index >= 15 is 0 Å². The third-order valence-electron chi connectivity index (χ3n) is 2.47. The highest BCUT2D eigenvalue weighted by Gasteiger charge is 2.38. The van der Waals surface area contributed by atoms with Gasteiger partial charge in [0, 0.05) is 12.1 Å². The number of benzene rings is 1. The van der Waals surface area contributed by atoms with E-state index in [0.29, 0.717) is 16.8 Å². The molecule has 0 spiro atoms. The Morgan fingerprint density at radius 3 is 2.00 bits per heavy atom. The van der Waals surface area contributed by atoms with Crippen LogP contribution in [0.15, 0.2) is 21.4 Å². The molecule has 1 heterocycles. The molecule has 23 heavy (non-hydrogen) atoms. The van der Waals surface area contributed by atoms with Gasteiger partial charge in [0.2, 0.25) is 0 Å². The molecule has 0 bridgehead atoms. The topological polar surface area (TPSA) is 112 Å². The highest BCUT2D eigenvalue weighted by atomic mass is 32.2. The van der Waals surface area contributed by atoms with Gasteiger partial charge in [-0.15, -0.1) is 10.2 Å². The average molecular weight is 366 g/mol. The molecule has 122 valence electrons. The van der Waals surface area contributed by atoms with E-state index in [1.165, 1.54) is 0 Å². The van der Waals surface area contributed by atoms with Crippen LogP contribution in [0.5, 0.6) is 0 Å². The number of aromatic nitrogens is 2. The molecule has 0 radical (unpaired) electrons. The van der Waals surface area contributed by atoms with Crippen LogP contribution in [0.4, 0.5) is 24.5 Å². The standard InChI is InChI=1S/C10H5F3N4O4S2/c1-4-14-15-9(22-4)23-8-6(16(18)19)2-5(10(11,12)13)3-7(8)17(20)21/h2-3H,1H3. The van der Waals surface area contributed by atoms with Crippen molar-refractivity contribution in [2.24, 2.45) is 0 Å². The quantitative estimate of drug-likeness (QED) is 0.597. The molecule has 2 rings (SSSR count). The summed E-state index contributed by atoms with van der Waals surface area (Å²) in [4.78, 5) is 19.4. The second-order valence-electron chi connectivity index (χ2n) is 4.04. The number of nitro groups is 2. The molecule has 2 aromatic rings. The van der Waals surface area contributed by atoms with Gasteiger partial charge in [-0.3, -0.25) is 20.2 Å². The van der Waals surface area contributed by atoms with Crippen LogP contribution in [0, 0.1) is 27.2 Å². The molecule has 0 atom stereocenters. The van der Waals surface area contributed by atoms with Crippen molar-refractivity contribution < 1.29 is 23.0 Å². The van der Waals surface area contributed by atoms with E-state index in [0.717, 1.165) is 11.3 Å². The van der Waals surface area contributed by atoms with Crippen LogP contribution in [-0.2, 0) is 6.18 Å². The Morgan fingerprint density at radius 2 is 1.65 bits per heavy atom. The van der Waals surface area contributed by atoms with Crippen LogP contribution in [0.1, 0.15) is 10.6 Å². The smallest absolute Gasteiger partial charge is 0.258 e. The van der Waals surface area contributed by atoms with Crippen molar-refractivity contribution in [2.45, 2.75) is 22.3 Å². The summed E-state index contributed by atoms with van der Waals surface area (Å²) in [6, 6.07) is 0.534. The zero-order valence-electron chi connectivity index (χ0n) is 11.0. The minimum Gasteiger partial charge on any atom is -0.258 e. The Morgan fingerprint density at radius 1 is 1.13 bits per heavy atom. The fraction of sp³-hybridized carbons (Fsp3) is 0.200. The van der Waals surface area contributed by atoms with Crippen LogP contribution in [0.25, 0.3) is 0 Å². The first-order chi connectivity index (χ1) is 10.6. The van der Waals surface area contributed by atoms with Crippen LogP contribution in [0.3, 0.4) is 0 Å². The van der Waals surface area contributed by atoms with Gasteiger partial charge in [0.15, 0.2) is 9.24 Å². The third-order valence-corrected chi connectivity index (χ3v) is 4.48. The minimum atomic E-state index is -4.95. The summed E-state index contributed by atoms with van der Waals surface area (Å²) in [6.07, 6.45) is -4.95. The summed E-state index contributed by atoms with van der Waals surface area (Å²) < 4.78 is 38.4. The van der Waals surface area contributed by atoms with Gasteiger partial charge in [-0.05, 0) is 18.7 Å². The van der Waals surface area contributed by atoms with E-state index in [4.69, 9.17) is 0 Å². The molecule has 13 heteroatoms. The van der Waals surface area contributed by atoms with Crippen molar-refractivity contribution in [1.82, 2.24) is 10.2 Å². The van der Waals surface area contributed by atoms with Crippen LogP contribution < -0.4 is 0 Å². The highest BCUT2D eigenvalue weighted by Crippen LogP contribution is 2.45. The van der Waals surface area contributed by atoms with Gasteiger partial charge in [-0.2, -0.15) is 13.2 Å². The molecule has 0 fully saturated rings. The maximum absolute atomic E-state index is 12.8. The lowest BCUT2D eigenvalue weighted by atomic mass is 10.1. The maximum Gasteiger partial charge on any atom is 0.416 e. The maximum atomic E-state index is 12.8. The second kappa shape index (κ2) is 6.08. The minimum absolute atomic E-state index is 0.147. The summed E-state index contributed by atoms with van der Waals surface area (Å²) in [5, 5.41) is 29.9. The lowest BCUT2D eigenvalue weighted by molar-refractivity contribution is -0.400. The van der Waals surface area contributed by atoms with Crippen LogP contribution in [0.2, 0.25) is 0 Å². The molecule has 0 saturated carbocycles. The predicted molar refractivity (Wildman–Crippen MR) is 73.5 cm³/mol. The Kier molecular flexibility index (Phi) is 4.51. The van der Waals surface area contributed by atoms with Gasteiger partial charge >= 0.3 is 6.18 Å². The number of rotatable bonds is 4. The van der Waals surface area contributed by atoms with E-state index in [9.17, 15) is 33.4 Å². The van der Waals surface area contributed by atoms with Crippen molar-refractivity contribution >= 4 is 34.5 Å². The number of hydrogen-bond acceptors (Lipinski definition) is 8. The summed E-state index contributed by atoms with van der Waals surface area (Å²) in [5.41, 5.74) is -3.48. The summed E-state index contributed by atoms with van der Waals surface area (Å²) >= 11 is 1.54. The summed E-state index contributed by atoms with van der Waals surface area (Å²) in [6.45, 7) is 1.59. The molecule has 0 amide bonds. The van der Waals surface area contributed by atoms with E-state index < -0.39 is 37.9 Å². The van der Waals surface area contributed by atoms with Crippen molar-refractivity contribution in [2.75, 3.05) is 0 Å². The lowest BCUT2D eigenvalue weighted by Crippen LogP contribution is -2.08. The van der Waals surface area contributed by atoms with Gasteiger partial charge < -0.3 is 0 Å². The van der Waals surface area contributed by atoms with Crippen LogP contribution in [-0.4, -0.2) is 20.0 Å². The number of halogens is 3. The van der Waals surface area contributed by atoms with Crippen molar-refractivity contribution in [3.8, 4) is 0 Å². The molecular weight excluding hydrogens is 361 g/mol. The first-order valence-electron chi connectivity index (χ1n) is 5.61. The largest absolute Gasteiger partial charge is 0.416 e. The van der Waals surface area contributed by atoms with Gasteiger partial charge in [0.1, 0.15) is 5.01 Å². The molecule has 0 N–H and O–H groups in total. The lowest BCUT2D eigenvalue weighted by Gasteiger charge is -2.08. The molecule has 0 aliphatic heterocycles. The van der Waals surface area contributed by atoms with Gasteiger partial charge in [-0.25, -0.2) is 0 Å². The van der Waals surface area contributed by atoms with E-state index in [2.05, 4.69) is 10.2 Å². The summed E-state index contributed by atoms with van der Waals surface area (Å²) in [5.74, 6) is 0. The number of hydrogen-bond donors (Lipinski definition) is 0. The Balaban J connectivity index is 2.67. The Hall–Kier alpha value is -2.28. The molecule has 0 saturated heterocycles. The van der Waals surface area contributed by atoms with E-state index in [-0.39, 0.29) is 16.5 Å². The van der Waals surface area contributed by atoms with Crippen LogP contribution >= 0.6 is 23.1 Å². The average Bonchev–Trinajstić information content (AvgIpc) is 2.82. The molecule has 0 aliphatic carbocycles. The van der Waals surface area contributed by atoms with Gasteiger partial charge in [-0.1, -0.05) is 11.3 Å². The Bertz CT molecular complexity index is 758. The van der Waals surface area contributed by atoms with E-state index in [1.807, 2.05) is 0 Å². The zero-order chi connectivity index (χ0) is 17.4. The number of nitrogens with zero attached hydrogens (tertiary/aromatic N) is 4. The van der Waals surface area contributed by atoms with Crippen molar-refractivity contribution in [1.29, 1.82) is 0 Å². The monoisotopic (exact) mass is 366 g/mol. The second-order valence-corrected chi connectivity index (χ2v) is 6.48. The number of alkyl halides is 3. The zero-order valence-corrected chi connectivity index (χ0v) is 12.7. The Labute approximate surface area is 133 Å². The van der Waals surface area contributed by atoms with Crippen molar-refractivity contribution in [3.63, 3.8) is 0 Å². The molecule has 0 unspecified atom stereocenters. The molecule has 1 aromatic heterocycles. The number of aryl methyl sites for hydroxylation is 1.